The van der Waals surface area contributed by atoms with Crippen molar-refractivity contribution < 1.29 is 19.3 Å². The summed E-state index contributed by atoms with van der Waals surface area (Å²) >= 11 is 0. The number of benzene rings is 1. The Hall–Kier alpha value is -1.14. The average molecular weight is 283 g/mol. The molecular weight excluding hydrogens is 258 g/mol. The molecule has 0 aliphatic heterocycles. The SMILES string of the molecule is COCCOCC(O)COc1cc(C)ccc1C(C)N. The fourth-order valence-corrected chi connectivity index (χ4v) is 1.74. The molecule has 0 amide bonds. The minimum absolute atomic E-state index is 0.110. The third-order valence-corrected chi connectivity index (χ3v) is 2.83. The molecule has 0 saturated heterocycles. The Morgan fingerprint density at radius 3 is 2.65 bits per heavy atom. The highest BCUT2D eigenvalue weighted by molar-refractivity contribution is 5.38. The van der Waals surface area contributed by atoms with Gasteiger partial charge < -0.3 is 25.1 Å². The summed E-state index contributed by atoms with van der Waals surface area (Å²) in [5, 5.41) is 9.79. The molecule has 0 bridgehead atoms. The summed E-state index contributed by atoms with van der Waals surface area (Å²) in [7, 11) is 1.61. The normalized spacial score (nSPS) is 14.1. The van der Waals surface area contributed by atoms with E-state index < -0.39 is 6.10 Å². The number of aryl methyl sites for hydroxylation is 1. The van der Waals surface area contributed by atoms with Gasteiger partial charge in [-0.2, -0.15) is 0 Å². The lowest BCUT2D eigenvalue weighted by Gasteiger charge is -2.17. The van der Waals surface area contributed by atoms with E-state index >= 15 is 0 Å². The van der Waals surface area contributed by atoms with Crippen LogP contribution in [0.5, 0.6) is 5.75 Å². The van der Waals surface area contributed by atoms with Crippen LogP contribution >= 0.6 is 0 Å². The molecule has 20 heavy (non-hydrogen) atoms. The van der Waals surface area contributed by atoms with E-state index in [-0.39, 0.29) is 19.3 Å². The molecule has 1 aromatic carbocycles. The molecule has 0 aliphatic carbocycles. The van der Waals surface area contributed by atoms with E-state index in [1.54, 1.807) is 7.11 Å². The van der Waals surface area contributed by atoms with Crippen molar-refractivity contribution in [1.29, 1.82) is 0 Å². The molecule has 0 radical (unpaired) electrons. The van der Waals surface area contributed by atoms with Crippen molar-refractivity contribution >= 4 is 0 Å². The van der Waals surface area contributed by atoms with E-state index in [1.807, 2.05) is 32.0 Å². The van der Waals surface area contributed by atoms with Gasteiger partial charge in [-0.05, 0) is 25.5 Å². The number of aliphatic hydroxyl groups is 1. The minimum Gasteiger partial charge on any atom is -0.490 e. The van der Waals surface area contributed by atoms with Crippen molar-refractivity contribution in [2.45, 2.75) is 26.0 Å². The highest BCUT2D eigenvalue weighted by Crippen LogP contribution is 2.25. The van der Waals surface area contributed by atoms with E-state index in [0.29, 0.717) is 13.2 Å². The quantitative estimate of drug-likeness (QED) is 0.670. The van der Waals surface area contributed by atoms with Crippen LogP contribution in [0.15, 0.2) is 18.2 Å². The molecule has 2 atom stereocenters. The molecule has 0 fully saturated rings. The molecule has 1 aromatic rings. The van der Waals surface area contributed by atoms with E-state index in [4.69, 9.17) is 19.9 Å². The third kappa shape index (κ3) is 5.88. The van der Waals surface area contributed by atoms with Crippen LogP contribution in [0.25, 0.3) is 0 Å². The first-order valence-corrected chi connectivity index (χ1v) is 6.78. The molecule has 1 rings (SSSR count). The summed E-state index contributed by atoms with van der Waals surface area (Å²) in [5.41, 5.74) is 7.93. The number of rotatable bonds is 9. The van der Waals surface area contributed by atoms with Gasteiger partial charge in [-0.25, -0.2) is 0 Å². The van der Waals surface area contributed by atoms with Gasteiger partial charge in [0.2, 0.25) is 0 Å². The smallest absolute Gasteiger partial charge is 0.124 e. The Morgan fingerprint density at radius 2 is 2.00 bits per heavy atom. The predicted octanol–water partition coefficient (Wildman–Crippen LogP) is 1.42. The maximum absolute atomic E-state index is 9.79. The lowest BCUT2D eigenvalue weighted by atomic mass is 10.1. The van der Waals surface area contributed by atoms with E-state index in [9.17, 15) is 5.11 Å². The zero-order chi connectivity index (χ0) is 15.0. The number of hydrogen-bond acceptors (Lipinski definition) is 5. The van der Waals surface area contributed by atoms with Gasteiger partial charge in [0.05, 0.1) is 19.8 Å². The second-order valence-corrected chi connectivity index (χ2v) is 4.86. The zero-order valence-corrected chi connectivity index (χ0v) is 12.5. The summed E-state index contributed by atoms with van der Waals surface area (Å²) in [5.74, 6) is 0.718. The first-order chi connectivity index (χ1) is 9.54. The van der Waals surface area contributed by atoms with Gasteiger partial charge >= 0.3 is 0 Å². The van der Waals surface area contributed by atoms with E-state index in [0.717, 1.165) is 16.9 Å². The molecule has 5 heteroatoms. The Labute approximate surface area is 120 Å². The Kier molecular flexibility index (Phi) is 7.54. The van der Waals surface area contributed by atoms with Crippen LogP contribution in [-0.2, 0) is 9.47 Å². The summed E-state index contributed by atoms with van der Waals surface area (Å²) in [6.07, 6.45) is -0.673. The zero-order valence-electron chi connectivity index (χ0n) is 12.5. The highest BCUT2D eigenvalue weighted by atomic mass is 16.5. The van der Waals surface area contributed by atoms with Crippen LogP contribution in [-0.4, -0.2) is 44.7 Å². The minimum atomic E-state index is -0.673. The lowest BCUT2D eigenvalue weighted by Crippen LogP contribution is -2.25. The van der Waals surface area contributed by atoms with Gasteiger partial charge in [0.25, 0.3) is 0 Å². The van der Waals surface area contributed by atoms with Crippen molar-refractivity contribution in [2.75, 3.05) is 33.5 Å². The maximum Gasteiger partial charge on any atom is 0.124 e. The van der Waals surface area contributed by atoms with Crippen LogP contribution < -0.4 is 10.5 Å². The molecular formula is C15H25NO4. The number of ether oxygens (including phenoxy) is 3. The van der Waals surface area contributed by atoms with Crippen LogP contribution in [0.3, 0.4) is 0 Å². The van der Waals surface area contributed by atoms with Crippen molar-refractivity contribution in [3.63, 3.8) is 0 Å². The highest BCUT2D eigenvalue weighted by Gasteiger charge is 2.11. The van der Waals surface area contributed by atoms with Gasteiger partial charge in [0.15, 0.2) is 0 Å². The monoisotopic (exact) mass is 283 g/mol. The first kappa shape index (κ1) is 16.9. The van der Waals surface area contributed by atoms with Crippen LogP contribution in [0, 0.1) is 6.92 Å². The van der Waals surface area contributed by atoms with E-state index in [1.165, 1.54) is 0 Å². The summed E-state index contributed by atoms with van der Waals surface area (Å²) in [6.45, 7) is 5.27. The maximum atomic E-state index is 9.79. The first-order valence-electron chi connectivity index (χ1n) is 6.78. The fraction of sp³-hybridized carbons (Fsp3) is 0.600. The summed E-state index contributed by atoms with van der Waals surface area (Å²) in [4.78, 5) is 0. The van der Waals surface area contributed by atoms with Gasteiger partial charge in [0, 0.05) is 18.7 Å². The van der Waals surface area contributed by atoms with Crippen LogP contribution in [0.1, 0.15) is 24.1 Å². The molecule has 0 spiro atoms. The Balaban J connectivity index is 2.46. The molecule has 0 aromatic heterocycles. The van der Waals surface area contributed by atoms with Crippen molar-refractivity contribution in [2.24, 2.45) is 5.73 Å². The van der Waals surface area contributed by atoms with Gasteiger partial charge in [0.1, 0.15) is 18.5 Å². The second kappa shape index (κ2) is 8.92. The predicted molar refractivity (Wildman–Crippen MR) is 78.0 cm³/mol. The van der Waals surface area contributed by atoms with Crippen molar-refractivity contribution in [3.8, 4) is 5.75 Å². The molecule has 114 valence electrons. The molecule has 0 heterocycles. The number of nitrogens with two attached hydrogens (primary N) is 1. The van der Waals surface area contributed by atoms with Crippen LogP contribution in [0.4, 0.5) is 0 Å². The molecule has 0 saturated carbocycles. The number of hydrogen-bond donors (Lipinski definition) is 2. The summed E-state index contributed by atoms with van der Waals surface area (Å²) in [6, 6.07) is 5.77. The second-order valence-electron chi connectivity index (χ2n) is 4.86. The number of aliphatic hydroxyl groups excluding tert-OH is 1. The Morgan fingerprint density at radius 1 is 1.25 bits per heavy atom. The molecule has 0 aliphatic rings. The summed E-state index contributed by atoms with van der Waals surface area (Å²) < 4.78 is 15.8. The van der Waals surface area contributed by atoms with Gasteiger partial charge in [-0.3, -0.25) is 0 Å². The topological polar surface area (TPSA) is 73.9 Å². The van der Waals surface area contributed by atoms with Crippen molar-refractivity contribution in [1.82, 2.24) is 0 Å². The van der Waals surface area contributed by atoms with Gasteiger partial charge in [-0.15, -0.1) is 0 Å². The third-order valence-electron chi connectivity index (χ3n) is 2.83. The fourth-order valence-electron chi connectivity index (χ4n) is 1.74. The van der Waals surface area contributed by atoms with Gasteiger partial charge in [-0.1, -0.05) is 12.1 Å². The molecule has 5 nitrogen and oxygen atoms in total. The van der Waals surface area contributed by atoms with Crippen molar-refractivity contribution in [3.05, 3.63) is 29.3 Å². The van der Waals surface area contributed by atoms with Crippen LogP contribution in [0.2, 0.25) is 0 Å². The molecule has 3 N–H and O–H groups in total. The standard InChI is InChI=1S/C15H25NO4/c1-11-4-5-14(12(2)16)15(8-11)20-10-13(17)9-19-7-6-18-3/h4-5,8,12-13,17H,6-7,9-10,16H2,1-3H3. The number of methoxy groups -OCH3 is 1. The van der Waals surface area contributed by atoms with E-state index in [2.05, 4.69) is 0 Å². The molecule has 2 unspecified atom stereocenters. The average Bonchev–Trinajstić information content (AvgIpc) is 2.41. The lowest BCUT2D eigenvalue weighted by molar-refractivity contribution is -0.00435. The largest absolute Gasteiger partial charge is 0.490 e. The Bertz CT molecular complexity index is 395.